The lowest BCUT2D eigenvalue weighted by molar-refractivity contribution is 0.102. The Morgan fingerprint density at radius 3 is 2.36 bits per heavy atom. The molecule has 8 heteroatoms. The standard InChI is InChI=1S/C17H21ClN2O4S/c1-5-20(6-2)25(22,23)13-7-8-15(18)16(10-13)19-17(21)14-9-11(3)24-12(14)4/h7-10H,5-6H2,1-4H3,(H,19,21). The van der Waals surface area contributed by atoms with Gasteiger partial charge in [-0.25, -0.2) is 8.42 Å². The third-order valence-corrected chi connectivity index (χ3v) is 6.19. The number of furan rings is 1. The number of sulfonamides is 1. The molecule has 0 spiro atoms. The summed E-state index contributed by atoms with van der Waals surface area (Å²) in [5.41, 5.74) is 0.615. The van der Waals surface area contributed by atoms with E-state index in [0.29, 0.717) is 30.2 Å². The number of nitrogens with one attached hydrogen (secondary N) is 1. The van der Waals surface area contributed by atoms with Crippen LogP contribution in [0.2, 0.25) is 5.02 Å². The lowest BCUT2D eigenvalue weighted by Crippen LogP contribution is -2.30. The van der Waals surface area contributed by atoms with E-state index in [1.165, 1.54) is 22.5 Å². The quantitative estimate of drug-likeness (QED) is 0.820. The number of carbonyl (C=O) groups is 1. The van der Waals surface area contributed by atoms with Crippen molar-refractivity contribution in [2.75, 3.05) is 18.4 Å². The normalized spacial score (nSPS) is 11.8. The molecule has 1 heterocycles. The van der Waals surface area contributed by atoms with Gasteiger partial charge in [-0.15, -0.1) is 0 Å². The zero-order valence-electron chi connectivity index (χ0n) is 14.6. The second-order valence-electron chi connectivity index (χ2n) is 5.51. The Morgan fingerprint density at radius 1 is 1.20 bits per heavy atom. The SMILES string of the molecule is CCN(CC)S(=O)(=O)c1ccc(Cl)c(NC(=O)c2cc(C)oc2C)c1. The van der Waals surface area contributed by atoms with E-state index in [2.05, 4.69) is 5.32 Å². The number of hydrogen-bond donors (Lipinski definition) is 1. The van der Waals surface area contributed by atoms with Crippen LogP contribution in [0.15, 0.2) is 33.6 Å². The molecular formula is C17H21ClN2O4S. The first kappa shape index (κ1) is 19.5. The van der Waals surface area contributed by atoms with E-state index in [4.69, 9.17) is 16.0 Å². The number of rotatable bonds is 6. The van der Waals surface area contributed by atoms with E-state index < -0.39 is 15.9 Å². The largest absolute Gasteiger partial charge is 0.466 e. The first-order valence-corrected chi connectivity index (χ1v) is 9.70. The predicted molar refractivity (Wildman–Crippen MR) is 97.7 cm³/mol. The van der Waals surface area contributed by atoms with Crippen molar-refractivity contribution >= 4 is 33.2 Å². The summed E-state index contributed by atoms with van der Waals surface area (Å²) in [5.74, 6) is 0.693. The zero-order chi connectivity index (χ0) is 18.8. The number of anilines is 1. The number of nitrogens with zero attached hydrogens (tertiary/aromatic N) is 1. The number of halogens is 1. The van der Waals surface area contributed by atoms with Gasteiger partial charge in [0.1, 0.15) is 11.5 Å². The maximum Gasteiger partial charge on any atom is 0.259 e. The molecule has 0 radical (unpaired) electrons. The predicted octanol–water partition coefficient (Wildman–Crippen LogP) is 3.83. The van der Waals surface area contributed by atoms with Gasteiger partial charge in [0.15, 0.2) is 0 Å². The van der Waals surface area contributed by atoms with E-state index in [9.17, 15) is 13.2 Å². The molecule has 0 aliphatic rings. The summed E-state index contributed by atoms with van der Waals surface area (Å²) in [6.45, 7) is 7.68. The van der Waals surface area contributed by atoms with Crippen molar-refractivity contribution in [1.82, 2.24) is 4.31 Å². The summed E-state index contributed by atoms with van der Waals surface area (Å²) in [6.07, 6.45) is 0. The second-order valence-corrected chi connectivity index (χ2v) is 7.86. The van der Waals surface area contributed by atoms with Crippen LogP contribution >= 0.6 is 11.6 Å². The van der Waals surface area contributed by atoms with Crippen molar-refractivity contribution in [2.45, 2.75) is 32.6 Å². The summed E-state index contributed by atoms with van der Waals surface area (Å²) in [7, 11) is -3.64. The van der Waals surface area contributed by atoms with Crippen molar-refractivity contribution in [3.05, 3.63) is 46.4 Å². The van der Waals surface area contributed by atoms with Crippen LogP contribution < -0.4 is 5.32 Å². The Bertz CT molecular complexity index is 886. The Kier molecular flexibility index (Phi) is 5.92. The van der Waals surface area contributed by atoms with E-state index in [1.54, 1.807) is 33.8 Å². The van der Waals surface area contributed by atoms with Gasteiger partial charge in [-0.3, -0.25) is 4.79 Å². The highest BCUT2D eigenvalue weighted by molar-refractivity contribution is 7.89. The third kappa shape index (κ3) is 4.05. The van der Waals surface area contributed by atoms with Gasteiger partial charge in [-0.2, -0.15) is 4.31 Å². The van der Waals surface area contributed by atoms with Crippen LogP contribution in [0.4, 0.5) is 5.69 Å². The van der Waals surface area contributed by atoms with Gasteiger partial charge in [-0.1, -0.05) is 25.4 Å². The number of carbonyl (C=O) groups excluding carboxylic acids is 1. The first-order chi connectivity index (χ1) is 11.7. The molecule has 6 nitrogen and oxygen atoms in total. The molecule has 0 unspecified atom stereocenters. The molecule has 0 aliphatic heterocycles. The molecule has 136 valence electrons. The maximum atomic E-state index is 12.6. The molecule has 2 aromatic rings. The minimum atomic E-state index is -3.64. The highest BCUT2D eigenvalue weighted by Gasteiger charge is 2.23. The maximum absolute atomic E-state index is 12.6. The molecule has 0 bridgehead atoms. The molecule has 1 amide bonds. The number of hydrogen-bond acceptors (Lipinski definition) is 4. The Labute approximate surface area is 152 Å². The Morgan fingerprint density at radius 2 is 1.84 bits per heavy atom. The van der Waals surface area contributed by atoms with Crippen molar-refractivity contribution in [2.24, 2.45) is 0 Å². The summed E-state index contributed by atoms with van der Waals surface area (Å²) in [4.78, 5) is 12.5. The molecule has 1 N–H and O–H groups in total. The van der Waals surface area contributed by atoms with Gasteiger partial charge in [0.05, 0.1) is 21.2 Å². The lowest BCUT2D eigenvalue weighted by atomic mass is 10.2. The van der Waals surface area contributed by atoms with E-state index >= 15 is 0 Å². The molecular weight excluding hydrogens is 364 g/mol. The van der Waals surface area contributed by atoms with Crippen LogP contribution in [0, 0.1) is 13.8 Å². The second kappa shape index (κ2) is 7.59. The van der Waals surface area contributed by atoms with Crippen molar-refractivity contribution in [3.63, 3.8) is 0 Å². The van der Waals surface area contributed by atoms with E-state index in [0.717, 1.165) is 0 Å². The van der Waals surface area contributed by atoms with Crippen molar-refractivity contribution < 1.29 is 17.6 Å². The minimum Gasteiger partial charge on any atom is -0.466 e. The topological polar surface area (TPSA) is 79.6 Å². The van der Waals surface area contributed by atoms with Gasteiger partial charge < -0.3 is 9.73 Å². The number of benzene rings is 1. The zero-order valence-corrected chi connectivity index (χ0v) is 16.2. The van der Waals surface area contributed by atoms with Crippen molar-refractivity contribution in [1.29, 1.82) is 0 Å². The Balaban J connectivity index is 2.37. The first-order valence-electron chi connectivity index (χ1n) is 7.88. The number of aryl methyl sites for hydroxylation is 2. The molecule has 0 fully saturated rings. The van der Waals surface area contributed by atoms with Crippen LogP contribution in [0.3, 0.4) is 0 Å². The molecule has 1 aromatic carbocycles. The summed E-state index contributed by atoms with van der Waals surface area (Å²) >= 11 is 6.12. The lowest BCUT2D eigenvalue weighted by Gasteiger charge is -2.19. The molecule has 25 heavy (non-hydrogen) atoms. The number of amides is 1. The molecule has 0 aliphatic carbocycles. The smallest absolute Gasteiger partial charge is 0.259 e. The molecule has 2 rings (SSSR count). The van der Waals surface area contributed by atoms with Crippen LogP contribution in [-0.2, 0) is 10.0 Å². The van der Waals surface area contributed by atoms with Crippen LogP contribution in [0.5, 0.6) is 0 Å². The summed E-state index contributed by atoms with van der Waals surface area (Å²) < 4.78 is 31.9. The summed E-state index contributed by atoms with van der Waals surface area (Å²) in [5, 5.41) is 2.91. The molecule has 0 saturated carbocycles. The fourth-order valence-electron chi connectivity index (χ4n) is 2.52. The Hall–Kier alpha value is -1.83. The minimum absolute atomic E-state index is 0.0796. The van der Waals surface area contributed by atoms with Crippen LogP contribution in [0.1, 0.15) is 35.7 Å². The summed E-state index contributed by atoms with van der Waals surface area (Å²) in [6, 6.07) is 5.88. The average molecular weight is 385 g/mol. The van der Waals surface area contributed by atoms with Gasteiger partial charge in [0, 0.05) is 13.1 Å². The fraction of sp³-hybridized carbons (Fsp3) is 0.353. The third-order valence-electron chi connectivity index (χ3n) is 3.81. The van der Waals surface area contributed by atoms with Crippen LogP contribution in [-0.4, -0.2) is 31.7 Å². The van der Waals surface area contributed by atoms with Gasteiger partial charge >= 0.3 is 0 Å². The average Bonchev–Trinajstić information content (AvgIpc) is 2.88. The van der Waals surface area contributed by atoms with E-state index in [-0.39, 0.29) is 15.6 Å². The van der Waals surface area contributed by atoms with Crippen LogP contribution in [0.25, 0.3) is 0 Å². The monoisotopic (exact) mass is 384 g/mol. The van der Waals surface area contributed by atoms with Gasteiger partial charge in [0.2, 0.25) is 10.0 Å². The highest BCUT2D eigenvalue weighted by atomic mass is 35.5. The van der Waals surface area contributed by atoms with E-state index in [1.807, 2.05) is 0 Å². The van der Waals surface area contributed by atoms with Crippen molar-refractivity contribution in [3.8, 4) is 0 Å². The molecule has 0 saturated heterocycles. The fourth-order valence-corrected chi connectivity index (χ4v) is 4.17. The van der Waals surface area contributed by atoms with Gasteiger partial charge in [-0.05, 0) is 38.1 Å². The molecule has 0 atom stereocenters. The van der Waals surface area contributed by atoms with Gasteiger partial charge in [0.25, 0.3) is 5.91 Å². The molecule has 1 aromatic heterocycles. The highest BCUT2D eigenvalue weighted by Crippen LogP contribution is 2.28.